The van der Waals surface area contributed by atoms with Crippen LogP contribution in [0.5, 0.6) is 0 Å². The van der Waals surface area contributed by atoms with Gasteiger partial charge in [0, 0.05) is 26.6 Å². The van der Waals surface area contributed by atoms with E-state index in [0.29, 0.717) is 29.6 Å². The van der Waals surface area contributed by atoms with Gasteiger partial charge >= 0.3 is 0 Å². The summed E-state index contributed by atoms with van der Waals surface area (Å²) in [6.45, 7) is 3.10. The van der Waals surface area contributed by atoms with Crippen molar-refractivity contribution in [2.75, 3.05) is 25.9 Å². The molecule has 7 nitrogen and oxygen atoms in total. The molecule has 1 fully saturated rings. The maximum atomic E-state index is 13.0. The molecule has 0 unspecified atom stereocenters. The van der Waals surface area contributed by atoms with E-state index in [4.69, 9.17) is 5.73 Å². The normalized spacial score (nSPS) is 16.6. The Balaban J connectivity index is 1.58. The molecule has 1 saturated heterocycles. The fourth-order valence-electron chi connectivity index (χ4n) is 3.96. The lowest BCUT2D eigenvalue weighted by Gasteiger charge is -2.39. The van der Waals surface area contributed by atoms with Gasteiger partial charge in [0.05, 0.1) is 6.42 Å². The number of benzene rings is 2. The zero-order chi connectivity index (χ0) is 22.0. The van der Waals surface area contributed by atoms with Gasteiger partial charge in [-0.2, -0.15) is 0 Å². The summed E-state index contributed by atoms with van der Waals surface area (Å²) in [4.78, 5) is 29.4. The van der Waals surface area contributed by atoms with Crippen molar-refractivity contribution in [2.45, 2.75) is 25.8 Å². The lowest BCUT2D eigenvalue weighted by atomic mass is 9.95. The fraction of sp³-hybridized carbons (Fsp3) is 0.304. The molecule has 1 atom stereocenters. The van der Waals surface area contributed by atoms with E-state index in [-0.39, 0.29) is 18.2 Å². The van der Waals surface area contributed by atoms with Gasteiger partial charge < -0.3 is 15.5 Å². The second-order valence-electron chi connectivity index (χ2n) is 7.79. The summed E-state index contributed by atoms with van der Waals surface area (Å²) in [6.07, 6.45) is 0.568. The minimum Gasteiger partial charge on any atom is -0.374 e. The van der Waals surface area contributed by atoms with E-state index in [2.05, 4.69) is 41.4 Å². The summed E-state index contributed by atoms with van der Waals surface area (Å²) >= 11 is 1.20. The fourth-order valence-corrected chi connectivity index (χ4v) is 4.56. The van der Waals surface area contributed by atoms with Gasteiger partial charge in [-0.3, -0.25) is 9.59 Å². The number of rotatable bonds is 5. The summed E-state index contributed by atoms with van der Waals surface area (Å²) in [7, 11) is 1.78. The standard InChI is InChI=1S/C23H25N5O2S/c1-15-6-3-4-9-18(15)17-8-5-7-16(12-17)13-19-22(30)27(2)10-11-28(19)21(29)14-20-25-26-23(24)31-20/h3-9,12,19H,10-11,13-14H2,1-2H3,(H2,24,26)/t19-/m0/s1. The van der Waals surface area contributed by atoms with E-state index in [1.807, 2.05) is 24.3 Å². The van der Waals surface area contributed by atoms with Crippen LogP contribution in [0, 0.1) is 6.92 Å². The van der Waals surface area contributed by atoms with E-state index in [0.717, 1.165) is 11.1 Å². The number of amides is 2. The first-order valence-corrected chi connectivity index (χ1v) is 11.0. The highest BCUT2D eigenvalue weighted by Gasteiger charge is 2.36. The van der Waals surface area contributed by atoms with Crippen molar-refractivity contribution in [3.63, 3.8) is 0 Å². The Hall–Kier alpha value is -3.26. The van der Waals surface area contributed by atoms with Gasteiger partial charge in [-0.25, -0.2) is 0 Å². The highest BCUT2D eigenvalue weighted by atomic mass is 32.1. The number of anilines is 1. The van der Waals surface area contributed by atoms with Gasteiger partial charge in [0.25, 0.3) is 0 Å². The van der Waals surface area contributed by atoms with Gasteiger partial charge in [-0.15, -0.1) is 10.2 Å². The number of carbonyl (C=O) groups excluding carboxylic acids is 2. The van der Waals surface area contributed by atoms with E-state index in [9.17, 15) is 9.59 Å². The first-order chi connectivity index (χ1) is 14.9. The van der Waals surface area contributed by atoms with Gasteiger partial charge in [-0.1, -0.05) is 59.9 Å². The molecule has 1 aromatic heterocycles. The molecule has 0 saturated carbocycles. The third-order valence-electron chi connectivity index (χ3n) is 5.63. The van der Waals surface area contributed by atoms with Crippen molar-refractivity contribution in [1.82, 2.24) is 20.0 Å². The number of carbonyl (C=O) groups is 2. The Labute approximate surface area is 185 Å². The van der Waals surface area contributed by atoms with Crippen molar-refractivity contribution in [1.29, 1.82) is 0 Å². The third-order valence-corrected chi connectivity index (χ3v) is 6.38. The maximum Gasteiger partial charge on any atom is 0.245 e. The highest BCUT2D eigenvalue weighted by Crippen LogP contribution is 2.26. The van der Waals surface area contributed by atoms with Crippen molar-refractivity contribution in [3.05, 3.63) is 64.7 Å². The summed E-state index contributed by atoms with van der Waals surface area (Å²) in [5.41, 5.74) is 10.1. The number of hydrogen-bond acceptors (Lipinski definition) is 6. The number of aromatic nitrogens is 2. The zero-order valence-electron chi connectivity index (χ0n) is 17.6. The molecule has 1 aliphatic heterocycles. The van der Waals surface area contributed by atoms with Gasteiger partial charge in [0.2, 0.25) is 16.9 Å². The van der Waals surface area contributed by atoms with E-state index >= 15 is 0 Å². The van der Waals surface area contributed by atoms with Crippen LogP contribution >= 0.6 is 11.3 Å². The maximum absolute atomic E-state index is 13.0. The molecular weight excluding hydrogens is 410 g/mol. The molecule has 0 radical (unpaired) electrons. The number of likely N-dealkylation sites (N-methyl/N-ethyl adjacent to an activating group) is 1. The minimum absolute atomic E-state index is 0.0438. The van der Waals surface area contributed by atoms with Crippen LogP contribution in [0.15, 0.2) is 48.5 Å². The number of nitrogens with two attached hydrogens (primary N) is 1. The average Bonchev–Trinajstić information content (AvgIpc) is 3.16. The van der Waals surface area contributed by atoms with Crippen molar-refractivity contribution < 1.29 is 9.59 Å². The summed E-state index contributed by atoms with van der Waals surface area (Å²) < 4.78 is 0. The lowest BCUT2D eigenvalue weighted by Crippen LogP contribution is -2.58. The lowest BCUT2D eigenvalue weighted by molar-refractivity contribution is -0.149. The predicted molar refractivity (Wildman–Crippen MR) is 121 cm³/mol. The van der Waals surface area contributed by atoms with Crippen LogP contribution in [0.3, 0.4) is 0 Å². The van der Waals surface area contributed by atoms with E-state index < -0.39 is 6.04 Å². The molecule has 4 rings (SSSR count). The largest absolute Gasteiger partial charge is 0.374 e. The first-order valence-electron chi connectivity index (χ1n) is 10.2. The topological polar surface area (TPSA) is 92.4 Å². The molecule has 1 aliphatic rings. The van der Waals surface area contributed by atoms with Crippen molar-refractivity contribution >= 4 is 28.3 Å². The number of nitrogens with zero attached hydrogens (tertiary/aromatic N) is 4. The van der Waals surface area contributed by atoms with Gasteiger partial charge in [0.15, 0.2) is 0 Å². The van der Waals surface area contributed by atoms with Crippen LogP contribution < -0.4 is 5.73 Å². The third kappa shape index (κ3) is 4.59. The molecule has 8 heteroatoms. The second-order valence-corrected chi connectivity index (χ2v) is 8.89. The van der Waals surface area contributed by atoms with E-state index in [1.54, 1.807) is 16.8 Å². The minimum atomic E-state index is -0.538. The molecule has 0 bridgehead atoms. The quantitative estimate of drug-likeness (QED) is 0.665. The SMILES string of the molecule is Cc1ccccc1-c1cccc(C[C@H]2C(=O)N(C)CCN2C(=O)Cc2nnc(N)s2)c1. The van der Waals surface area contributed by atoms with Crippen LogP contribution in [0.4, 0.5) is 5.13 Å². The Morgan fingerprint density at radius 1 is 1.16 bits per heavy atom. The Morgan fingerprint density at radius 3 is 2.71 bits per heavy atom. The number of nitrogen functional groups attached to an aromatic ring is 1. The molecular formula is C23H25N5O2S. The number of hydrogen-bond donors (Lipinski definition) is 1. The molecule has 2 N–H and O–H groups in total. The molecule has 160 valence electrons. The van der Waals surface area contributed by atoms with Gasteiger partial charge in [-0.05, 0) is 29.2 Å². The van der Waals surface area contributed by atoms with Gasteiger partial charge in [0.1, 0.15) is 11.0 Å². The zero-order valence-corrected chi connectivity index (χ0v) is 18.4. The molecule has 31 heavy (non-hydrogen) atoms. The molecule has 3 aromatic rings. The summed E-state index contributed by atoms with van der Waals surface area (Å²) in [5.74, 6) is -0.171. The second kappa shape index (κ2) is 8.85. The average molecular weight is 436 g/mol. The predicted octanol–water partition coefficient (Wildman–Crippen LogP) is 2.55. The Morgan fingerprint density at radius 2 is 1.97 bits per heavy atom. The van der Waals surface area contributed by atoms with Crippen LogP contribution in [0.25, 0.3) is 11.1 Å². The first kappa shape index (κ1) is 21.0. The van der Waals surface area contributed by atoms with Crippen LogP contribution in [-0.4, -0.2) is 58.0 Å². The molecule has 2 heterocycles. The van der Waals surface area contributed by atoms with Crippen LogP contribution in [0.2, 0.25) is 0 Å². The Kier molecular flexibility index (Phi) is 5.99. The summed E-state index contributed by atoms with van der Waals surface area (Å²) in [6, 6.07) is 15.9. The molecule has 2 aromatic carbocycles. The van der Waals surface area contributed by atoms with Crippen LogP contribution in [0.1, 0.15) is 16.1 Å². The van der Waals surface area contributed by atoms with E-state index in [1.165, 1.54) is 22.5 Å². The molecule has 0 aliphatic carbocycles. The van der Waals surface area contributed by atoms with Crippen molar-refractivity contribution in [2.24, 2.45) is 0 Å². The molecule has 0 spiro atoms. The Bertz CT molecular complexity index is 1110. The van der Waals surface area contributed by atoms with Crippen molar-refractivity contribution in [3.8, 4) is 11.1 Å². The number of piperazine rings is 1. The van der Waals surface area contributed by atoms with Crippen LogP contribution in [-0.2, 0) is 22.4 Å². The summed E-state index contributed by atoms with van der Waals surface area (Å²) in [5, 5.41) is 8.62. The monoisotopic (exact) mass is 435 g/mol. The number of aryl methyl sites for hydroxylation is 1. The smallest absolute Gasteiger partial charge is 0.245 e. The highest BCUT2D eigenvalue weighted by molar-refractivity contribution is 7.15. The molecule has 2 amide bonds.